The molecule has 3 rings (SSSR count). The highest BCUT2D eigenvalue weighted by molar-refractivity contribution is 7.13. The van der Waals surface area contributed by atoms with Crippen LogP contribution in [0.15, 0.2) is 41.9 Å². The minimum absolute atomic E-state index is 0.646. The second-order valence-electron chi connectivity index (χ2n) is 4.64. The Morgan fingerprint density at radius 1 is 1.18 bits per heavy atom. The van der Waals surface area contributed by atoms with Gasteiger partial charge in [-0.15, -0.1) is 11.3 Å². The number of ether oxygens (including phenoxy) is 2. The molecule has 0 spiro atoms. The average Bonchev–Trinajstić information content (AvgIpc) is 3.22. The monoisotopic (exact) mass is 315 g/mol. The van der Waals surface area contributed by atoms with Crippen LogP contribution in [0.1, 0.15) is 5.56 Å². The predicted molar refractivity (Wildman–Crippen MR) is 88.8 cm³/mol. The fourth-order valence-electron chi connectivity index (χ4n) is 2.30. The molecule has 1 aromatic carbocycles. The lowest BCUT2D eigenvalue weighted by atomic mass is 10.2. The highest BCUT2D eigenvalue weighted by Gasteiger charge is 2.12. The number of thiophene rings is 1. The SMILES string of the molecule is COc1cccc(NCc2cn[nH]c2-c2cccs2)c1OC. The molecule has 0 fully saturated rings. The zero-order chi connectivity index (χ0) is 15.4. The van der Waals surface area contributed by atoms with E-state index >= 15 is 0 Å². The Morgan fingerprint density at radius 2 is 2.09 bits per heavy atom. The van der Waals surface area contributed by atoms with Crippen LogP contribution in [-0.4, -0.2) is 24.4 Å². The van der Waals surface area contributed by atoms with Gasteiger partial charge in [-0.25, -0.2) is 0 Å². The van der Waals surface area contributed by atoms with Crippen LogP contribution < -0.4 is 14.8 Å². The van der Waals surface area contributed by atoms with Crippen LogP contribution >= 0.6 is 11.3 Å². The second-order valence-corrected chi connectivity index (χ2v) is 5.59. The zero-order valence-corrected chi connectivity index (χ0v) is 13.2. The molecule has 22 heavy (non-hydrogen) atoms. The van der Waals surface area contributed by atoms with Crippen LogP contribution in [-0.2, 0) is 6.54 Å². The Kier molecular flexibility index (Phi) is 4.29. The maximum atomic E-state index is 5.43. The fourth-order valence-corrected chi connectivity index (χ4v) is 3.05. The maximum absolute atomic E-state index is 5.43. The van der Waals surface area contributed by atoms with E-state index in [-0.39, 0.29) is 0 Å². The molecule has 114 valence electrons. The number of H-pyrrole nitrogens is 1. The van der Waals surface area contributed by atoms with Crippen LogP contribution in [0.5, 0.6) is 11.5 Å². The number of methoxy groups -OCH3 is 2. The highest BCUT2D eigenvalue weighted by atomic mass is 32.1. The van der Waals surface area contributed by atoms with Gasteiger partial charge < -0.3 is 14.8 Å². The Balaban J connectivity index is 1.81. The zero-order valence-electron chi connectivity index (χ0n) is 12.4. The third-order valence-electron chi connectivity index (χ3n) is 3.36. The summed E-state index contributed by atoms with van der Waals surface area (Å²) in [5.41, 5.74) is 3.04. The van der Waals surface area contributed by atoms with E-state index in [4.69, 9.17) is 9.47 Å². The van der Waals surface area contributed by atoms with Crippen molar-refractivity contribution < 1.29 is 9.47 Å². The molecule has 0 bridgehead atoms. The van der Waals surface area contributed by atoms with Gasteiger partial charge in [-0.3, -0.25) is 5.10 Å². The van der Waals surface area contributed by atoms with Gasteiger partial charge in [-0.1, -0.05) is 12.1 Å². The number of hydrogen-bond donors (Lipinski definition) is 2. The van der Waals surface area contributed by atoms with Gasteiger partial charge in [0.1, 0.15) is 0 Å². The van der Waals surface area contributed by atoms with Crippen molar-refractivity contribution in [1.82, 2.24) is 10.2 Å². The van der Waals surface area contributed by atoms with E-state index in [2.05, 4.69) is 27.0 Å². The maximum Gasteiger partial charge on any atom is 0.183 e. The first-order valence-electron chi connectivity index (χ1n) is 6.84. The molecule has 3 aromatic rings. The molecule has 0 atom stereocenters. The number of para-hydroxylation sites is 1. The van der Waals surface area contributed by atoms with Crippen LogP contribution in [0.3, 0.4) is 0 Å². The number of nitrogens with one attached hydrogen (secondary N) is 2. The van der Waals surface area contributed by atoms with E-state index in [9.17, 15) is 0 Å². The smallest absolute Gasteiger partial charge is 0.183 e. The third kappa shape index (κ3) is 2.78. The molecule has 2 aromatic heterocycles. The van der Waals surface area contributed by atoms with Gasteiger partial charge in [0.2, 0.25) is 0 Å². The summed E-state index contributed by atoms with van der Waals surface area (Å²) in [5.74, 6) is 1.41. The largest absolute Gasteiger partial charge is 0.493 e. The molecule has 2 N–H and O–H groups in total. The molecule has 0 radical (unpaired) electrons. The number of nitrogens with zero attached hydrogens (tertiary/aromatic N) is 1. The number of rotatable bonds is 6. The van der Waals surface area contributed by atoms with Gasteiger partial charge in [0.05, 0.1) is 36.7 Å². The molecule has 0 amide bonds. The summed E-state index contributed by atoms with van der Waals surface area (Å²) in [6, 6.07) is 9.88. The molecule has 0 saturated heterocycles. The molecular formula is C16H17N3O2S. The molecule has 2 heterocycles. The number of aromatic amines is 1. The molecule has 0 unspecified atom stereocenters. The van der Waals surface area contributed by atoms with Crippen LogP contribution in [0.4, 0.5) is 5.69 Å². The average molecular weight is 315 g/mol. The summed E-state index contributed by atoms with van der Waals surface area (Å²) in [4.78, 5) is 1.17. The summed E-state index contributed by atoms with van der Waals surface area (Å²) in [7, 11) is 3.27. The number of hydrogen-bond acceptors (Lipinski definition) is 5. The minimum atomic E-state index is 0.646. The highest BCUT2D eigenvalue weighted by Crippen LogP contribution is 2.35. The minimum Gasteiger partial charge on any atom is -0.493 e. The number of benzene rings is 1. The topological polar surface area (TPSA) is 59.2 Å². The third-order valence-corrected chi connectivity index (χ3v) is 4.25. The van der Waals surface area contributed by atoms with Gasteiger partial charge in [0.15, 0.2) is 11.5 Å². The normalized spacial score (nSPS) is 10.5. The number of aromatic nitrogens is 2. The van der Waals surface area contributed by atoms with Gasteiger partial charge in [0, 0.05) is 12.1 Å². The van der Waals surface area contributed by atoms with Crippen molar-refractivity contribution in [3.63, 3.8) is 0 Å². The summed E-state index contributed by atoms with van der Waals surface area (Å²) < 4.78 is 10.7. The summed E-state index contributed by atoms with van der Waals surface area (Å²) in [6.07, 6.45) is 1.84. The van der Waals surface area contributed by atoms with Gasteiger partial charge in [0.25, 0.3) is 0 Å². The lowest BCUT2D eigenvalue weighted by Crippen LogP contribution is -2.02. The van der Waals surface area contributed by atoms with Gasteiger partial charge in [-0.2, -0.15) is 5.10 Å². The Bertz CT molecular complexity index is 738. The van der Waals surface area contributed by atoms with Gasteiger partial charge in [-0.05, 0) is 23.6 Å². The van der Waals surface area contributed by atoms with Crippen molar-refractivity contribution in [3.8, 4) is 22.1 Å². The summed E-state index contributed by atoms with van der Waals surface area (Å²) in [6.45, 7) is 0.646. The molecule has 0 aliphatic rings. The molecule has 6 heteroatoms. The Labute approximate surface area is 132 Å². The molecule has 5 nitrogen and oxygen atoms in total. The Hall–Kier alpha value is -2.47. The fraction of sp³-hybridized carbons (Fsp3) is 0.188. The van der Waals surface area contributed by atoms with Crippen molar-refractivity contribution in [2.45, 2.75) is 6.54 Å². The van der Waals surface area contributed by atoms with Crippen LogP contribution in [0.2, 0.25) is 0 Å². The first-order chi connectivity index (χ1) is 10.8. The van der Waals surface area contributed by atoms with E-state index in [0.717, 1.165) is 16.9 Å². The van der Waals surface area contributed by atoms with E-state index < -0.39 is 0 Å². The lowest BCUT2D eigenvalue weighted by molar-refractivity contribution is 0.356. The second kappa shape index (κ2) is 6.53. The van der Waals surface area contributed by atoms with E-state index in [0.29, 0.717) is 18.0 Å². The van der Waals surface area contributed by atoms with Crippen molar-refractivity contribution >= 4 is 17.0 Å². The quantitative estimate of drug-likeness (QED) is 0.727. The summed E-state index contributed by atoms with van der Waals surface area (Å²) in [5, 5.41) is 12.6. The molecule has 0 saturated carbocycles. The first-order valence-corrected chi connectivity index (χ1v) is 7.72. The molecule has 0 aliphatic heterocycles. The lowest BCUT2D eigenvalue weighted by Gasteiger charge is -2.14. The first kappa shape index (κ1) is 14.5. The van der Waals surface area contributed by atoms with Gasteiger partial charge >= 0.3 is 0 Å². The number of anilines is 1. The van der Waals surface area contributed by atoms with Crippen molar-refractivity contribution in [3.05, 3.63) is 47.5 Å². The van der Waals surface area contributed by atoms with Crippen molar-refractivity contribution in [2.75, 3.05) is 19.5 Å². The van der Waals surface area contributed by atoms with Crippen LogP contribution in [0.25, 0.3) is 10.6 Å². The predicted octanol–water partition coefficient (Wildman–Crippen LogP) is 3.77. The van der Waals surface area contributed by atoms with E-state index in [1.54, 1.807) is 25.6 Å². The van der Waals surface area contributed by atoms with E-state index in [1.165, 1.54) is 4.88 Å². The van der Waals surface area contributed by atoms with Crippen LogP contribution in [0, 0.1) is 0 Å². The van der Waals surface area contributed by atoms with E-state index in [1.807, 2.05) is 30.5 Å². The standard InChI is InChI=1S/C16H17N3O2S/c1-20-13-6-3-5-12(16(13)21-2)17-9-11-10-18-19-15(11)14-7-4-8-22-14/h3-8,10,17H,9H2,1-2H3,(H,18,19). The Morgan fingerprint density at radius 3 is 2.82 bits per heavy atom. The van der Waals surface area contributed by atoms with Crippen molar-refractivity contribution in [1.29, 1.82) is 0 Å². The summed E-state index contributed by atoms with van der Waals surface area (Å²) >= 11 is 1.69. The molecule has 0 aliphatic carbocycles. The van der Waals surface area contributed by atoms with Crippen molar-refractivity contribution in [2.24, 2.45) is 0 Å². The molecular weight excluding hydrogens is 298 g/mol.